The number of ether oxygens (including phenoxy) is 1. The molecule has 1 heterocycles. The Balaban J connectivity index is 1.94. The number of unbranched alkanes of at least 4 members (excludes halogenated alkanes) is 2. The molecule has 3 N–H and O–H groups in total. The Kier molecular flexibility index (Phi) is 9.30. The fourth-order valence-electron chi connectivity index (χ4n) is 4.74. The number of nitrogens with zero attached hydrogens (tertiary/aromatic N) is 1. The van der Waals surface area contributed by atoms with Crippen LogP contribution in [-0.4, -0.2) is 64.9 Å². The molecule has 7 heteroatoms. The Bertz CT molecular complexity index is 897. The molecule has 186 valence electrons. The summed E-state index contributed by atoms with van der Waals surface area (Å²) in [5.74, 6) is 0.240. The first-order valence-electron chi connectivity index (χ1n) is 12.3. The number of carbonyl (C=O) groups is 2. The highest BCUT2D eigenvalue weighted by Crippen LogP contribution is 2.47. The molecule has 1 aliphatic heterocycles. The minimum atomic E-state index is -0.976. The molecule has 3 rings (SSSR count). The standard InChI is InChI=1S/C27H38N2O5/c1-4-5-6-7-12-23(31)29(15-13-18(2)3)21-17-20(27(33)28-14-16-30)24-19-10-8-9-11-22(19)34-26(24)25(21)32/h4,8-11,17-18,21,24-26,30,32H,1,5-7,12-16H2,2-3H3,(H,28,33)/t21-,24+,25+,26+/m1/s1. The average molecular weight is 471 g/mol. The van der Waals surface area contributed by atoms with Crippen LogP contribution in [0.1, 0.15) is 57.4 Å². The molecule has 0 aromatic heterocycles. The van der Waals surface area contributed by atoms with E-state index in [1.54, 1.807) is 11.0 Å². The molecule has 0 fully saturated rings. The number of benzene rings is 1. The second-order valence-corrected chi connectivity index (χ2v) is 9.48. The third kappa shape index (κ3) is 5.88. The lowest BCUT2D eigenvalue weighted by Gasteiger charge is -2.41. The zero-order chi connectivity index (χ0) is 24.7. The van der Waals surface area contributed by atoms with Gasteiger partial charge in [-0.15, -0.1) is 6.58 Å². The third-order valence-corrected chi connectivity index (χ3v) is 6.55. The predicted octanol–water partition coefficient (Wildman–Crippen LogP) is 2.93. The van der Waals surface area contributed by atoms with Crippen molar-refractivity contribution in [3.05, 3.63) is 54.1 Å². The highest BCUT2D eigenvalue weighted by Gasteiger charge is 2.50. The number of aliphatic hydroxyl groups is 2. The van der Waals surface area contributed by atoms with Crippen molar-refractivity contribution in [2.45, 2.75) is 70.1 Å². The first kappa shape index (κ1) is 26.0. The van der Waals surface area contributed by atoms with E-state index in [0.717, 1.165) is 31.2 Å². The van der Waals surface area contributed by atoms with Crippen LogP contribution in [0.5, 0.6) is 5.75 Å². The van der Waals surface area contributed by atoms with E-state index < -0.39 is 24.2 Å². The second-order valence-electron chi connectivity index (χ2n) is 9.48. The maximum absolute atomic E-state index is 13.3. The van der Waals surface area contributed by atoms with Gasteiger partial charge in [0, 0.05) is 30.6 Å². The van der Waals surface area contributed by atoms with Crippen molar-refractivity contribution in [2.24, 2.45) is 5.92 Å². The zero-order valence-electron chi connectivity index (χ0n) is 20.3. The van der Waals surface area contributed by atoms with Crippen LogP contribution in [0.15, 0.2) is 48.6 Å². The third-order valence-electron chi connectivity index (χ3n) is 6.55. The van der Waals surface area contributed by atoms with Crippen LogP contribution in [0.2, 0.25) is 0 Å². The molecule has 1 aromatic carbocycles. The minimum Gasteiger partial charge on any atom is -0.486 e. The van der Waals surface area contributed by atoms with Crippen LogP contribution >= 0.6 is 0 Å². The Morgan fingerprint density at radius 3 is 2.74 bits per heavy atom. The van der Waals surface area contributed by atoms with E-state index in [1.807, 2.05) is 30.3 Å². The Morgan fingerprint density at radius 1 is 1.26 bits per heavy atom. The van der Waals surface area contributed by atoms with Gasteiger partial charge in [-0.1, -0.05) is 38.1 Å². The molecule has 34 heavy (non-hydrogen) atoms. The van der Waals surface area contributed by atoms with E-state index in [-0.39, 0.29) is 25.0 Å². The summed E-state index contributed by atoms with van der Waals surface area (Å²) in [4.78, 5) is 28.2. The Labute approximate surface area is 202 Å². The summed E-state index contributed by atoms with van der Waals surface area (Å²) < 4.78 is 6.14. The smallest absolute Gasteiger partial charge is 0.247 e. The number of aliphatic hydroxyl groups excluding tert-OH is 2. The minimum absolute atomic E-state index is 0.0333. The maximum atomic E-state index is 13.3. The topological polar surface area (TPSA) is 99.1 Å². The van der Waals surface area contributed by atoms with Crippen molar-refractivity contribution in [3.63, 3.8) is 0 Å². The monoisotopic (exact) mass is 470 g/mol. The average Bonchev–Trinajstić information content (AvgIpc) is 3.21. The van der Waals surface area contributed by atoms with Crippen LogP contribution in [0, 0.1) is 5.92 Å². The molecule has 2 amide bonds. The summed E-state index contributed by atoms with van der Waals surface area (Å²) in [5, 5.41) is 23.4. The highest BCUT2D eigenvalue weighted by molar-refractivity contribution is 5.96. The molecule has 0 saturated carbocycles. The summed E-state index contributed by atoms with van der Waals surface area (Å²) in [6, 6.07) is 6.81. The summed E-state index contributed by atoms with van der Waals surface area (Å²) in [5.41, 5.74) is 1.31. The molecule has 1 aromatic rings. The number of rotatable bonds is 12. The van der Waals surface area contributed by atoms with Gasteiger partial charge >= 0.3 is 0 Å². The van der Waals surface area contributed by atoms with Crippen LogP contribution in [0.25, 0.3) is 0 Å². The number of allylic oxidation sites excluding steroid dienone is 1. The highest BCUT2D eigenvalue weighted by atomic mass is 16.5. The van der Waals surface area contributed by atoms with E-state index in [2.05, 4.69) is 25.7 Å². The number of nitrogens with one attached hydrogen (secondary N) is 1. The number of hydrogen-bond donors (Lipinski definition) is 3. The van der Waals surface area contributed by atoms with Crippen molar-refractivity contribution in [1.82, 2.24) is 10.2 Å². The van der Waals surface area contributed by atoms with Crippen molar-refractivity contribution in [2.75, 3.05) is 19.7 Å². The molecule has 7 nitrogen and oxygen atoms in total. The van der Waals surface area contributed by atoms with Gasteiger partial charge in [0.2, 0.25) is 11.8 Å². The Hall–Kier alpha value is -2.64. The Morgan fingerprint density at radius 2 is 2.03 bits per heavy atom. The molecule has 4 atom stereocenters. The van der Waals surface area contributed by atoms with Gasteiger partial charge in [0.15, 0.2) is 0 Å². The lowest BCUT2D eigenvalue weighted by molar-refractivity contribution is -0.137. The van der Waals surface area contributed by atoms with Crippen LogP contribution < -0.4 is 10.1 Å². The molecule has 2 aliphatic rings. The molecule has 0 bridgehead atoms. The number of para-hydroxylation sites is 1. The summed E-state index contributed by atoms with van der Waals surface area (Å²) in [6.07, 6.45) is 5.60. The summed E-state index contributed by atoms with van der Waals surface area (Å²) in [6.45, 7) is 8.38. The van der Waals surface area contributed by atoms with Crippen LogP contribution in [0.4, 0.5) is 0 Å². The van der Waals surface area contributed by atoms with Gasteiger partial charge in [-0.25, -0.2) is 0 Å². The zero-order valence-corrected chi connectivity index (χ0v) is 20.3. The van der Waals surface area contributed by atoms with Gasteiger partial charge < -0.3 is 25.2 Å². The predicted molar refractivity (Wildman–Crippen MR) is 131 cm³/mol. The number of amides is 2. The van der Waals surface area contributed by atoms with Crippen molar-refractivity contribution >= 4 is 11.8 Å². The van der Waals surface area contributed by atoms with Crippen LogP contribution in [-0.2, 0) is 9.59 Å². The van der Waals surface area contributed by atoms with E-state index in [9.17, 15) is 19.8 Å². The van der Waals surface area contributed by atoms with E-state index in [1.165, 1.54) is 0 Å². The SMILES string of the molecule is C=CCCCCC(=O)N(CCC(C)C)[C@@H]1C=C(C(=O)NCCO)[C@@H]2c3ccccc3O[C@@H]2[C@H]1O. The first-order valence-corrected chi connectivity index (χ1v) is 12.3. The van der Waals surface area contributed by atoms with E-state index in [0.29, 0.717) is 30.2 Å². The fraction of sp³-hybridized carbons (Fsp3) is 0.556. The molecule has 0 saturated heterocycles. The van der Waals surface area contributed by atoms with Gasteiger partial charge in [-0.2, -0.15) is 0 Å². The molecule has 0 radical (unpaired) electrons. The van der Waals surface area contributed by atoms with E-state index >= 15 is 0 Å². The van der Waals surface area contributed by atoms with Gasteiger partial charge in [-0.3, -0.25) is 9.59 Å². The number of hydrogen-bond acceptors (Lipinski definition) is 5. The summed E-state index contributed by atoms with van der Waals surface area (Å²) >= 11 is 0. The molecule has 0 spiro atoms. The second kappa shape index (κ2) is 12.2. The van der Waals surface area contributed by atoms with Gasteiger partial charge in [0.1, 0.15) is 18.0 Å². The first-order chi connectivity index (χ1) is 16.4. The van der Waals surface area contributed by atoms with Gasteiger partial charge in [0.25, 0.3) is 0 Å². The maximum Gasteiger partial charge on any atom is 0.247 e. The van der Waals surface area contributed by atoms with Gasteiger partial charge in [-0.05, 0) is 43.7 Å². The fourth-order valence-corrected chi connectivity index (χ4v) is 4.74. The van der Waals surface area contributed by atoms with E-state index in [4.69, 9.17) is 4.74 Å². The number of fused-ring (bicyclic) bond motifs is 3. The molecular formula is C27H38N2O5. The van der Waals surface area contributed by atoms with Crippen LogP contribution in [0.3, 0.4) is 0 Å². The van der Waals surface area contributed by atoms with Crippen molar-refractivity contribution in [3.8, 4) is 5.75 Å². The quantitative estimate of drug-likeness (QED) is 0.322. The largest absolute Gasteiger partial charge is 0.486 e. The molecular weight excluding hydrogens is 432 g/mol. The lowest BCUT2D eigenvalue weighted by atomic mass is 9.77. The summed E-state index contributed by atoms with van der Waals surface area (Å²) in [7, 11) is 0. The van der Waals surface area contributed by atoms with Crippen molar-refractivity contribution in [1.29, 1.82) is 0 Å². The number of carbonyl (C=O) groups excluding carboxylic acids is 2. The van der Waals surface area contributed by atoms with Crippen molar-refractivity contribution < 1.29 is 24.5 Å². The normalized spacial score (nSPS) is 22.9. The molecule has 1 aliphatic carbocycles. The molecule has 0 unspecified atom stereocenters. The van der Waals surface area contributed by atoms with Gasteiger partial charge in [0.05, 0.1) is 18.6 Å². The lowest BCUT2D eigenvalue weighted by Crippen LogP contribution is -2.56.